The van der Waals surface area contributed by atoms with Crippen molar-refractivity contribution in [2.75, 3.05) is 0 Å². The first-order chi connectivity index (χ1) is 7.81. The van der Waals surface area contributed by atoms with Gasteiger partial charge in [-0.15, -0.1) is 0 Å². The SMILES string of the molecule is CCCc1cc(-c2ccccc2)ccc1C. The summed E-state index contributed by atoms with van der Waals surface area (Å²) in [5.41, 5.74) is 5.51. The summed E-state index contributed by atoms with van der Waals surface area (Å²) >= 11 is 0. The number of hydrogen-bond acceptors (Lipinski definition) is 0. The molecule has 0 unspecified atom stereocenters. The van der Waals surface area contributed by atoms with E-state index in [-0.39, 0.29) is 0 Å². The van der Waals surface area contributed by atoms with Crippen LogP contribution in [-0.4, -0.2) is 0 Å². The van der Waals surface area contributed by atoms with E-state index in [0.717, 1.165) is 0 Å². The minimum atomic E-state index is 1.17. The number of hydrogen-bond donors (Lipinski definition) is 0. The molecule has 0 aromatic heterocycles. The van der Waals surface area contributed by atoms with Crippen molar-refractivity contribution >= 4 is 0 Å². The smallest absolute Gasteiger partial charge is 0.0181 e. The van der Waals surface area contributed by atoms with Crippen molar-refractivity contribution in [3.8, 4) is 11.1 Å². The Morgan fingerprint density at radius 1 is 0.875 bits per heavy atom. The molecule has 0 heteroatoms. The summed E-state index contributed by atoms with van der Waals surface area (Å²) in [6, 6.07) is 17.3. The first-order valence-electron chi connectivity index (χ1n) is 5.96. The average molecular weight is 210 g/mol. The molecule has 2 aromatic carbocycles. The van der Waals surface area contributed by atoms with Crippen LogP contribution in [0.3, 0.4) is 0 Å². The molecule has 0 saturated heterocycles. The van der Waals surface area contributed by atoms with E-state index in [0.29, 0.717) is 0 Å². The maximum atomic E-state index is 2.33. The summed E-state index contributed by atoms with van der Waals surface area (Å²) in [5.74, 6) is 0. The van der Waals surface area contributed by atoms with Crippen molar-refractivity contribution in [3.63, 3.8) is 0 Å². The Morgan fingerprint density at radius 3 is 2.31 bits per heavy atom. The molecule has 0 heterocycles. The number of aryl methyl sites for hydroxylation is 2. The Hall–Kier alpha value is -1.56. The lowest BCUT2D eigenvalue weighted by molar-refractivity contribution is 0.913. The van der Waals surface area contributed by atoms with Crippen molar-refractivity contribution in [1.29, 1.82) is 0 Å². The molecule has 0 aliphatic carbocycles. The molecule has 0 saturated carbocycles. The molecule has 0 fully saturated rings. The van der Waals surface area contributed by atoms with Gasteiger partial charge in [-0.05, 0) is 35.6 Å². The van der Waals surface area contributed by atoms with E-state index in [4.69, 9.17) is 0 Å². The molecule has 2 aromatic rings. The van der Waals surface area contributed by atoms with E-state index in [1.54, 1.807) is 0 Å². The van der Waals surface area contributed by atoms with Gasteiger partial charge in [0.2, 0.25) is 0 Å². The second kappa shape index (κ2) is 4.98. The van der Waals surface area contributed by atoms with Gasteiger partial charge in [-0.25, -0.2) is 0 Å². The van der Waals surface area contributed by atoms with Crippen LogP contribution < -0.4 is 0 Å². The zero-order valence-corrected chi connectivity index (χ0v) is 10.0. The third-order valence-corrected chi connectivity index (χ3v) is 2.98. The predicted molar refractivity (Wildman–Crippen MR) is 70.6 cm³/mol. The van der Waals surface area contributed by atoms with E-state index in [2.05, 4.69) is 62.4 Å². The van der Waals surface area contributed by atoms with Gasteiger partial charge in [-0.3, -0.25) is 0 Å². The van der Waals surface area contributed by atoms with Crippen LogP contribution >= 0.6 is 0 Å². The topological polar surface area (TPSA) is 0 Å². The second-order valence-electron chi connectivity index (χ2n) is 4.26. The molecule has 0 aliphatic heterocycles. The molecule has 0 bridgehead atoms. The van der Waals surface area contributed by atoms with E-state index < -0.39 is 0 Å². The number of benzene rings is 2. The van der Waals surface area contributed by atoms with Crippen LogP contribution in [0.25, 0.3) is 11.1 Å². The molecule has 0 amide bonds. The van der Waals surface area contributed by atoms with Crippen molar-refractivity contribution in [2.45, 2.75) is 26.7 Å². The standard InChI is InChI=1S/C16H18/c1-3-7-15-12-16(11-10-13(15)2)14-8-5-4-6-9-14/h4-6,8-12H,3,7H2,1-2H3. The fraction of sp³-hybridized carbons (Fsp3) is 0.250. The van der Waals surface area contributed by atoms with Gasteiger partial charge in [0.15, 0.2) is 0 Å². The Kier molecular flexibility index (Phi) is 3.40. The molecule has 82 valence electrons. The summed E-state index contributed by atoms with van der Waals surface area (Å²) < 4.78 is 0. The molecule has 2 rings (SSSR count). The number of rotatable bonds is 3. The highest BCUT2D eigenvalue weighted by atomic mass is 14.1. The van der Waals surface area contributed by atoms with Crippen molar-refractivity contribution in [2.24, 2.45) is 0 Å². The predicted octanol–water partition coefficient (Wildman–Crippen LogP) is 4.61. The van der Waals surface area contributed by atoms with Gasteiger partial charge in [0, 0.05) is 0 Å². The van der Waals surface area contributed by atoms with Crippen LogP contribution in [0.5, 0.6) is 0 Å². The van der Waals surface area contributed by atoms with E-state index in [1.807, 2.05) is 0 Å². The quantitative estimate of drug-likeness (QED) is 0.693. The van der Waals surface area contributed by atoms with E-state index in [1.165, 1.54) is 35.1 Å². The minimum Gasteiger partial charge on any atom is -0.0651 e. The highest BCUT2D eigenvalue weighted by Crippen LogP contribution is 2.22. The maximum absolute atomic E-state index is 2.33. The molecule has 0 atom stereocenters. The highest BCUT2D eigenvalue weighted by molar-refractivity contribution is 5.64. The zero-order chi connectivity index (χ0) is 11.4. The van der Waals surface area contributed by atoms with Crippen LogP contribution in [0.1, 0.15) is 24.5 Å². The van der Waals surface area contributed by atoms with Crippen LogP contribution in [0.2, 0.25) is 0 Å². The first-order valence-corrected chi connectivity index (χ1v) is 5.96. The lowest BCUT2D eigenvalue weighted by Gasteiger charge is -2.08. The van der Waals surface area contributed by atoms with Gasteiger partial charge >= 0.3 is 0 Å². The molecular formula is C16H18. The Balaban J connectivity index is 2.40. The monoisotopic (exact) mass is 210 g/mol. The lowest BCUT2D eigenvalue weighted by atomic mass is 9.97. The van der Waals surface area contributed by atoms with Crippen molar-refractivity contribution < 1.29 is 0 Å². The van der Waals surface area contributed by atoms with Crippen LogP contribution in [0, 0.1) is 6.92 Å². The average Bonchev–Trinajstić information content (AvgIpc) is 2.33. The summed E-state index contributed by atoms with van der Waals surface area (Å²) in [6.07, 6.45) is 2.38. The Morgan fingerprint density at radius 2 is 1.62 bits per heavy atom. The zero-order valence-electron chi connectivity index (χ0n) is 10.0. The molecule has 0 aliphatic rings. The van der Waals surface area contributed by atoms with Crippen LogP contribution in [-0.2, 0) is 6.42 Å². The van der Waals surface area contributed by atoms with Crippen LogP contribution in [0.15, 0.2) is 48.5 Å². The maximum Gasteiger partial charge on any atom is -0.0181 e. The summed E-state index contributed by atoms with van der Waals surface area (Å²) in [7, 11) is 0. The van der Waals surface area contributed by atoms with Gasteiger partial charge in [-0.1, -0.05) is 61.9 Å². The largest absolute Gasteiger partial charge is 0.0651 e. The highest BCUT2D eigenvalue weighted by Gasteiger charge is 2.01. The third kappa shape index (κ3) is 2.33. The first kappa shape index (κ1) is 10.9. The van der Waals surface area contributed by atoms with Gasteiger partial charge < -0.3 is 0 Å². The molecular weight excluding hydrogens is 192 g/mol. The normalized spacial score (nSPS) is 10.4. The second-order valence-corrected chi connectivity index (χ2v) is 4.26. The fourth-order valence-electron chi connectivity index (χ4n) is 2.02. The lowest BCUT2D eigenvalue weighted by Crippen LogP contribution is -1.89. The molecule has 16 heavy (non-hydrogen) atoms. The summed E-state index contributed by atoms with van der Waals surface area (Å²) in [5, 5.41) is 0. The van der Waals surface area contributed by atoms with E-state index >= 15 is 0 Å². The Bertz CT molecular complexity index is 455. The minimum absolute atomic E-state index is 1.17. The molecule has 0 radical (unpaired) electrons. The third-order valence-electron chi connectivity index (χ3n) is 2.98. The summed E-state index contributed by atoms with van der Waals surface area (Å²) in [4.78, 5) is 0. The van der Waals surface area contributed by atoms with Gasteiger partial charge in [0.05, 0.1) is 0 Å². The van der Waals surface area contributed by atoms with Gasteiger partial charge in [0.1, 0.15) is 0 Å². The van der Waals surface area contributed by atoms with E-state index in [9.17, 15) is 0 Å². The summed E-state index contributed by atoms with van der Waals surface area (Å²) in [6.45, 7) is 4.42. The van der Waals surface area contributed by atoms with Gasteiger partial charge in [-0.2, -0.15) is 0 Å². The molecule has 0 spiro atoms. The van der Waals surface area contributed by atoms with Gasteiger partial charge in [0.25, 0.3) is 0 Å². The van der Waals surface area contributed by atoms with Crippen molar-refractivity contribution in [1.82, 2.24) is 0 Å². The van der Waals surface area contributed by atoms with Crippen molar-refractivity contribution in [3.05, 3.63) is 59.7 Å². The molecule has 0 nitrogen and oxygen atoms in total. The molecule has 0 N–H and O–H groups in total. The van der Waals surface area contributed by atoms with Crippen LogP contribution in [0.4, 0.5) is 0 Å². The fourth-order valence-corrected chi connectivity index (χ4v) is 2.02. The Labute approximate surface area is 97.9 Å².